The molecule has 1 N–H and O–H groups in total. The third-order valence-electron chi connectivity index (χ3n) is 5.83. The summed E-state index contributed by atoms with van der Waals surface area (Å²) in [6.07, 6.45) is -1.12. The third kappa shape index (κ3) is 6.25. The molecule has 1 saturated heterocycles. The molecule has 8 nitrogen and oxygen atoms in total. The summed E-state index contributed by atoms with van der Waals surface area (Å²) in [5, 5.41) is 10.1. The number of rotatable bonds is 5. The number of hydrogen-bond donors (Lipinski definition) is 1. The largest absolute Gasteiger partial charge is 0.463 e. The number of hydrogen-bond acceptors (Lipinski definition) is 6. The van der Waals surface area contributed by atoms with Gasteiger partial charge in [0.2, 0.25) is 0 Å². The molecule has 0 unspecified atom stereocenters. The van der Waals surface area contributed by atoms with E-state index >= 15 is 0 Å². The second kappa shape index (κ2) is 11.5. The van der Waals surface area contributed by atoms with E-state index in [9.17, 15) is 23.9 Å². The van der Waals surface area contributed by atoms with Crippen LogP contribution < -0.4 is 5.06 Å². The van der Waals surface area contributed by atoms with Gasteiger partial charge in [0.1, 0.15) is 11.9 Å². The number of likely N-dealkylation sites (tertiary alicyclic amines) is 1. The lowest BCUT2D eigenvalue weighted by atomic mass is 10.0. The molecule has 0 atom stereocenters. The van der Waals surface area contributed by atoms with Gasteiger partial charge in [-0.25, -0.2) is 18.8 Å². The van der Waals surface area contributed by atoms with Crippen molar-refractivity contribution >= 4 is 23.7 Å². The smallest absolute Gasteiger partial charge is 0.445 e. The van der Waals surface area contributed by atoms with Crippen LogP contribution >= 0.6 is 0 Å². The minimum absolute atomic E-state index is 0.0861. The molecule has 0 bridgehead atoms. The fourth-order valence-corrected chi connectivity index (χ4v) is 4.10. The quantitative estimate of drug-likeness (QED) is 0.315. The second-order valence-corrected chi connectivity index (χ2v) is 8.35. The molecular weight excluding hydrogens is 467 g/mol. The Balaban J connectivity index is 1.35. The number of nitrogens with zero attached hydrogens (tertiary/aromatic N) is 2. The van der Waals surface area contributed by atoms with Crippen LogP contribution in [0.1, 0.15) is 18.4 Å². The first-order valence-electron chi connectivity index (χ1n) is 11.5. The van der Waals surface area contributed by atoms with E-state index in [-0.39, 0.29) is 11.5 Å². The van der Waals surface area contributed by atoms with E-state index in [0.29, 0.717) is 48.7 Å². The number of ether oxygens (including phenoxy) is 1. The maximum absolute atomic E-state index is 13.4. The van der Waals surface area contributed by atoms with Gasteiger partial charge in [0.15, 0.2) is 0 Å². The first kappa shape index (κ1) is 24.9. The van der Waals surface area contributed by atoms with E-state index in [0.717, 1.165) is 5.56 Å². The van der Waals surface area contributed by atoms with Gasteiger partial charge in [-0.3, -0.25) is 4.90 Å². The molecule has 3 aromatic carbocycles. The summed E-state index contributed by atoms with van der Waals surface area (Å²) in [6, 6.07) is 21.8. The lowest BCUT2D eigenvalue weighted by Gasteiger charge is -2.31. The number of para-hydroxylation sites is 1. The number of piperidine rings is 1. The molecular formula is C27H25FN2O6. The van der Waals surface area contributed by atoms with Crippen LogP contribution in [0.2, 0.25) is 0 Å². The summed E-state index contributed by atoms with van der Waals surface area (Å²) in [5.74, 6) is -2.99. The van der Waals surface area contributed by atoms with Gasteiger partial charge in [-0.2, -0.15) is 0 Å². The molecule has 0 radical (unpaired) electrons. The van der Waals surface area contributed by atoms with Crippen molar-refractivity contribution in [2.75, 3.05) is 18.2 Å². The van der Waals surface area contributed by atoms with Gasteiger partial charge in [-0.05, 0) is 42.2 Å². The van der Waals surface area contributed by atoms with Gasteiger partial charge >= 0.3 is 18.0 Å². The first-order chi connectivity index (χ1) is 17.4. The molecule has 0 aliphatic carbocycles. The number of hydroxylamine groups is 1. The van der Waals surface area contributed by atoms with Crippen molar-refractivity contribution in [3.63, 3.8) is 0 Å². The lowest BCUT2D eigenvalue weighted by molar-refractivity contribution is -0.172. The SMILES string of the molecule is O=C(OC1CCN(Cc2cccc(F)c2)CC1)C(=O)ON(C(=O)O)c1ccccc1-c1ccccc1. The predicted molar refractivity (Wildman–Crippen MR) is 129 cm³/mol. The van der Waals surface area contributed by atoms with Crippen molar-refractivity contribution in [3.8, 4) is 11.1 Å². The number of halogens is 1. The Bertz CT molecular complexity index is 1230. The molecule has 0 spiro atoms. The van der Waals surface area contributed by atoms with Gasteiger partial charge in [-0.15, -0.1) is 5.06 Å². The Hall–Kier alpha value is -4.24. The van der Waals surface area contributed by atoms with Crippen LogP contribution in [0.25, 0.3) is 11.1 Å². The summed E-state index contributed by atoms with van der Waals surface area (Å²) in [7, 11) is 0. The monoisotopic (exact) mass is 492 g/mol. The Labute approximate surface area is 207 Å². The number of carboxylic acid groups (broad SMARTS) is 1. The van der Waals surface area contributed by atoms with Gasteiger partial charge in [-0.1, -0.05) is 60.7 Å². The van der Waals surface area contributed by atoms with Crippen LogP contribution in [0, 0.1) is 5.82 Å². The van der Waals surface area contributed by atoms with Crippen LogP contribution in [0.5, 0.6) is 0 Å². The van der Waals surface area contributed by atoms with Crippen molar-refractivity contribution in [2.45, 2.75) is 25.5 Å². The number of carbonyl (C=O) groups is 3. The maximum Gasteiger partial charge on any atom is 0.445 e. The van der Waals surface area contributed by atoms with Crippen molar-refractivity contribution in [3.05, 3.63) is 90.2 Å². The van der Waals surface area contributed by atoms with E-state index in [1.165, 1.54) is 18.2 Å². The van der Waals surface area contributed by atoms with Crippen LogP contribution in [-0.4, -0.2) is 47.2 Å². The van der Waals surface area contributed by atoms with Crippen LogP contribution in [0.15, 0.2) is 78.9 Å². The van der Waals surface area contributed by atoms with Crippen LogP contribution in [0.4, 0.5) is 14.9 Å². The van der Waals surface area contributed by atoms with Gasteiger partial charge < -0.3 is 14.7 Å². The summed E-state index contributed by atoms with van der Waals surface area (Å²) < 4.78 is 18.7. The average molecular weight is 493 g/mol. The fraction of sp³-hybridized carbons (Fsp3) is 0.222. The van der Waals surface area contributed by atoms with Crippen molar-refractivity contribution in [1.82, 2.24) is 4.90 Å². The minimum atomic E-state index is -1.56. The molecule has 0 aromatic heterocycles. The standard InChI is InChI=1S/C27H25FN2O6/c28-21-10-6-7-19(17-21)18-29-15-13-22(14-16-29)35-25(31)26(32)36-30(27(33)34)24-12-5-4-11-23(24)20-8-2-1-3-9-20/h1-12,17,22H,13-16,18H2,(H,33,34). The molecule has 9 heteroatoms. The molecule has 0 saturated carbocycles. The molecule has 1 heterocycles. The zero-order chi connectivity index (χ0) is 25.5. The number of esters is 1. The van der Waals surface area contributed by atoms with Gasteiger partial charge in [0.05, 0.1) is 5.69 Å². The second-order valence-electron chi connectivity index (χ2n) is 8.35. The fourth-order valence-electron chi connectivity index (χ4n) is 4.10. The highest BCUT2D eigenvalue weighted by molar-refractivity contribution is 6.30. The number of carbonyl (C=O) groups excluding carboxylic acids is 2. The average Bonchev–Trinajstić information content (AvgIpc) is 2.88. The highest BCUT2D eigenvalue weighted by Crippen LogP contribution is 2.31. The first-order valence-corrected chi connectivity index (χ1v) is 11.5. The Morgan fingerprint density at radius 3 is 2.31 bits per heavy atom. The van der Waals surface area contributed by atoms with E-state index < -0.39 is 24.1 Å². The molecule has 36 heavy (non-hydrogen) atoms. The van der Waals surface area contributed by atoms with Crippen molar-refractivity contribution < 1.29 is 33.5 Å². The van der Waals surface area contributed by atoms with Crippen molar-refractivity contribution in [1.29, 1.82) is 0 Å². The van der Waals surface area contributed by atoms with E-state index in [4.69, 9.17) is 9.57 Å². The summed E-state index contributed by atoms with van der Waals surface area (Å²) in [5.41, 5.74) is 2.15. The third-order valence-corrected chi connectivity index (χ3v) is 5.83. The Morgan fingerprint density at radius 1 is 0.917 bits per heavy atom. The summed E-state index contributed by atoms with van der Waals surface area (Å²) in [4.78, 5) is 43.8. The topological polar surface area (TPSA) is 96.4 Å². The Kier molecular flexibility index (Phi) is 7.92. The maximum atomic E-state index is 13.4. The number of benzene rings is 3. The molecule has 1 fully saturated rings. The number of amides is 1. The van der Waals surface area contributed by atoms with Gasteiger partial charge in [0, 0.05) is 25.2 Å². The van der Waals surface area contributed by atoms with Gasteiger partial charge in [0.25, 0.3) is 0 Å². The van der Waals surface area contributed by atoms with Crippen LogP contribution in [0.3, 0.4) is 0 Å². The van der Waals surface area contributed by atoms with Crippen LogP contribution in [-0.2, 0) is 25.7 Å². The Morgan fingerprint density at radius 2 is 1.61 bits per heavy atom. The molecule has 3 aromatic rings. The molecule has 1 amide bonds. The molecule has 1 aliphatic rings. The summed E-state index contributed by atoms with van der Waals surface area (Å²) in [6.45, 7) is 1.75. The molecule has 4 rings (SSSR count). The van der Waals surface area contributed by atoms with Crippen molar-refractivity contribution in [2.24, 2.45) is 0 Å². The van der Waals surface area contributed by atoms with E-state index in [2.05, 4.69) is 4.90 Å². The highest BCUT2D eigenvalue weighted by atomic mass is 19.1. The molecule has 1 aliphatic heterocycles. The zero-order valence-corrected chi connectivity index (χ0v) is 19.4. The van der Waals surface area contributed by atoms with E-state index in [1.807, 2.05) is 12.1 Å². The predicted octanol–water partition coefficient (Wildman–Crippen LogP) is 4.64. The highest BCUT2D eigenvalue weighted by Gasteiger charge is 2.31. The zero-order valence-electron chi connectivity index (χ0n) is 19.4. The normalized spacial score (nSPS) is 14.1. The van der Waals surface area contributed by atoms with E-state index in [1.54, 1.807) is 48.5 Å². The minimum Gasteiger partial charge on any atom is -0.463 e. The summed E-state index contributed by atoms with van der Waals surface area (Å²) >= 11 is 0. The molecule has 186 valence electrons. The number of anilines is 1. The lowest BCUT2D eigenvalue weighted by Crippen LogP contribution is -2.40.